The first kappa shape index (κ1) is 13.9. The zero-order valence-electron chi connectivity index (χ0n) is 10.5. The summed E-state index contributed by atoms with van der Waals surface area (Å²) in [4.78, 5) is 16.3. The van der Waals surface area contributed by atoms with Gasteiger partial charge in [0.1, 0.15) is 10.9 Å². The molecule has 0 radical (unpaired) electrons. The summed E-state index contributed by atoms with van der Waals surface area (Å²) >= 11 is 1.30. The molecule has 0 spiro atoms. The maximum atomic E-state index is 12.5. The lowest BCUT2D eigenvalue weighted by Crippen LogP contribution is -2.23. The number of alkyl halides is 3. The van der Waals surface area contributed by atoms with E-state index in [4.69, 9.17) is 0 Å². The number of nitrogens with one attached hydrogen (secondary N) is 1. The van der Waals surface area contributed by atoms with Crippen LogP contribution >= 0.6 is 11.8 Å². The highest BCUT2D eigenvalue weighted by atomic mass is 32.2. The molecule has 0 aliphatic carbocycles. The fourth-order valence-corrected chi connectivity index (χ4v) is 3.10. The molecule has 1 aromatic heterocycles. The van der Waals surface area contributed by atoms with Crippen molar-refractivity contribution in [1.82, 2.24) is 4.98 Å². The van der Waals surface area contributed by atoms with Gasteiger partial charge >= 0.3 is 6.18 Å². The average Bonchev–Trinajstić information content (AvgIpc) is 2.46. The van der Waals surface area contributed by atoms with Gasteiger partial charge in [-0.25, -0.2) is 0 Å². The highest BCUT2D eigenvalue weighted by Crippen LogP contribution is 2.43. The lowest BCUT2D eigenvalue weighted by Gasteiger charge is -2.24. The molecule has 3 rings (SSSR count). The Kier molecular flexibility index (Phi) is 3.36. The number of hydrogen-bond acceptors (Lipinski definition) is 3. The molecule has 7 heteroatoms. The Morgan fingerprint density at radius 1 is 1.14 bits per heavy atom. The molecule has 0 saturated heterocycles. The second-order valence-corrected chi connectivity index (χ2v) is 5.60. The number of carbonyl (C=O) groups excluding carboxylic acids is 1. The fraction of sp³-hybridized carbons (Fsp3) is 0.143. The van der Waals surface area contributed by atoms with Crippen molar-refractivity contribution in [3.8, 4) is 0 Å². The third-order valence-electron chi connectivity index (χ3n) is 3.01. The highest BCUT2D eigenvalue weighted by molar-refractivity contribution is 8.00. The summed E-state index contributed by atoms with van der Waals surface area (Å²) in [6, 6.07) is 9.46. The smallest absolute Gasteiger partial charge is 0.324 e. The summed E-state index contributed by atoms with van der Waals surface area (Å²) in [7, 11) is 0. The van der Waals surface area contributed by atoms with Gasteiger partial charge in [0.25, 0.3) is 0 Å². The number of thioether (sulfide) groups is 1. The third kappa shape index (κ3) is 2.73. The van der Waals surface area contributed by atoms with Gasteiger partial charge < -0.3 is 5.32 Å². The topological polar surface area (TPSA) is 42.0 Å². The summed E-state index contributed by atoms with van der Waals surface area (Å²) in [5.74, 6) is -0.264. The van der Waals surface area contributed by atoms with Gasteiger partial charge in [0, 0.05) is 11.1 Å². The van der Waals surface area contributed by atoms with E-state index in [1.54, 1.807) is 12.1 Å². The minimum absolute atomic E-state index is 0.264. The summed E-state index contributed by atoms with van der Waals surface area (Å²) < 4.78 is 37.5. The second-order valence-electron chi connectivity index (χ2n) is 4.46. The van der Waals surface area contributed by atoms with Crippen molar-refractivity contribution in [2.45, 2.75) is 16.3 Å². The monoisotopic (exact) mass is 310 g/mol. The summed E-state index contributed by atoms with van der Waals surface area (Å²) in [6.45, 7) is 0. The van der Waals surface area contributed by atoms with Crippen LogP contribution in [0.25, 0.3) is 0 Å². The molecule has 0 saturated carbocycles. The van der Waals surface area contributed by atoms with Gasteiger partial charge in [-0.2, -0.15) is 13.2 Å². The summed E-state index contributed by atoms with van der Waals surface area (Å²) in [5.41, 5.74) is 0.191. The van der Waals surface area contributed by atoms with Crippen molar-refractivity contribution in [2.24, 2.45) is 0 Å². The Balaban J connectivity index is 1.89. The first-order chi connectivity index (χ1) is 9.95. The SMILES string of the molecule is O=C1Nc2ccccc2S[C@@H]1c1ccc(C(F)(F)F)nc1. The van der Waals surface area contributed by atoms with Crippen LogP contribution in [0, 0.1) is 0 Å². The largest absolute Gasteiger partial charge is 0.433 e. The Bertz CT molecular complexity index is 685. The lowest BCUT2D eigenvalue weighted by atomic mass is 10.1. The van der Waals surface area contributed by atoms with Gasteiger partial charge in [0.2, 0.25) is 5.91 Å². The fourth-order valence-electron chi connectivity index (χ4n) is 2.00. The van der Waals surface area contributed by atoms with Gasteiger partial charge in [-0.15, -0.1) is 11.8 Å². The van der Waals surface area contributed by atoms with E-state index in [2.05, 4.69) is 10.3 Å². The molecule has 1 atom stereocenters. The predicted octanol–water partition coefficient (Wildman–Crippen LogP) is 3.89. The minimum atomic E-state index is -4.48. The van der Waals surface area contributed by atoms with E-state index in [1.807, 2.05) is 12.1 Å². The first-order valence-corrected chi connectivity index (χ1v) is 6.93. The number of aromatic nitrogens is 1. The van der Waals surface area contributed by atoms with E-state index < -0.39 is 17.1 Å². The van der Waals surface area contributed by atoms with Gasteiger partial charge in [-0.3, -0.25) is 9.78 Å². The average molecular weight is 310 g/mol. The van der Waals surface area contributed by atoms with Crippen molar-refractivity contribution in [3.63, 3.8) is 0 Å². The lowest BCUT2D eigenvalue weighted by molar-refractivity contribution is -0.141. The van der Waals surface area contributed by atoms with Crippen LogP contribution < -0.4 is 5.32 Å². The molecule has 1 aliphatic rings. The van der Waals surface area contributed by atoms with Gasteiger partial charge in [-0.1, -0.05) is 18.2 Å². The normalized spacial score (nSPS) is 18.0. The molecule has 0 unspecified atom stereocenters. The molecular formula is C14H9F3N2OS. The molecule has 0 bridgehead atoms. The van der Waals surface area contributed by atoms with E-state index >= 15 is 0 Å². The molecule has 1 N–H and O–H groups in total. The van der Waals surface area contributed by atoms with Gasteiger partial charge in [0.15, 0.2) is 0 Å². The molecule has 2 aromatic rings. The molecule has 1 aromatic carbocycles. The van der Waals surface area contributed by atoms with E-state index in [9.17, 15) is 18.0 Å². The third-order valence-corrected chi connectivity index (χ3v) is 4.34. The number of anilines is 1. The van der Waals surface area contributed by atoms with Crippen LogP contribution in [0.2, 0.25) is 0 Å². The standard InChI is InChI=1S/C14H9F3N2OS/c15-14(16,17)11-6-5-8(7-18-11)12-13(20)19-9-3-1-2-4-10(9)21-12/h1-7,12H,(H,19,20)/t12-/m1/s1. The predicted molar refractivity (Wildman–Crippen MR) is 72.9 cm³/mol. The maximum absolute atomic E-state index is 12.5. The Hall–Kier alpha value is -2.02. The summed E-state index contributed by atoms with van der Waals surface area (Å²) in [5, 5.41) is 2.14. The zero-order valence-corrected chi connectivity index (χ0v) is 11.3. The molecule has 21 heavy (non-hydrogen) atoms. The second kappa shape index (κ2) is 5.07. The van der Waals surface area contributed by atoms with Crippen molar-refractivity contribution >= 4 is 23.4 Å². The maximum Gasteiger partial charge on any atom is 0.433 e. The number of benzene rings is 1. The van der Waals surface area contributed by atoms with Gasteiger partial charge in [-0.05, 0) is 23.8 Å². The van der Waals surface area contributed by atoms with Gasteiger partial charge in [0.05, 0.1) is 5.69 Å². The van der Waals surface area contributed by atoms with Crippen LogP contribution in [-0.2, 0) is 11.0 Å². The van der Waals surface area contributed by atoms with Crippen LogP contribution in [0.5, 0.6) is 0 Å². The highest BCUT2D eigenvalue weighted by Gasteiger charge is 2.33. The van der Waals surface area contributed by atoms with Crippen LogP contribution in [0.1, 0.15) is 16.5 Å². The molecule has 2 heterocycles. The van der Waals surface area contributed by atoms with Crippen molar-refractivity contribution in [2.75, 3.05) is 5.32 Å². The number of amides is 1. The van der Waals surface area contributed by atoms with Crippen molar-refractivity contribution in [3.05, 3.63) is 53.9 Å². The summed E-state index contributed by atoms with van der Waals surface area (Å²) in [6.07, 6.45) is -3.37. The molecule has 3 nitrogen and oxygen atoms in total. The van der Waals surface area contributed by atoms with Crippen LogP contribution in [-0.4, -0.2) is 10.9 Å². The van der Waals surface area contributed by atoms with E-state index in [-0.39, 0.29) is 5.91 Å². The van der Waals surface area contributed by atoms with Crippen LogP contribution in [0.3, 0.4) is 0 Å². The quantitative estimate of drug-likeness (QED) is 0.869. The minimum Gasteiger partial charge on any atom is -0.324 e. The number of nitrogens with zero attached hydrogens (tertiary/aromatic N) is 1. The number of pyridine rings is 1. The van der Waals surface area contributed by atoms with Crippen molar-refractivity contribution < 1.29 is 18.0 Å². The molecule has 1 aliphatic heterocycles. The number of rotatable bonds is 1. The van der Waals surface area contributed by atoms with E-state index in [1.165, 1.54) is 17.8 Å². The van der Waals surface area contributed by atoms with E-state index in [0.717, 1.165) is 17.2 Å². The molecule has 1 amide bonds. The molecular weight excluding hydrogens is 301 g/mol. The first-order valence-electron chi connectivity index (χ1n) is 6.05. The number of para-hydroxylation sites is 1. The zero-order chi connectivity index (χ0) is 15.0. The number of hydrogen-bond donors (Lipinski definition) is 1. The molecule has 0 fully saturated rings. The number of fused-ring (bicyclic) bond motifs is 1. The van der Waals surface area contributed by atoms with E-state index in [0.29, 0.717) is 11.3 Å². The Morgan fingerprint density at radius 2 is 1.90 bits per heavy atom. The number of halogens is 3. The van der Waals surface area contributed by atoms with Crippen molar-refractivity contribution in [1.29, 1.82) is 0 Å². The molecule has 108 valence electrons. The Labute approximate surface area is 122 Å². The van der Waals surface area contributed by atoms with Crippen LogP contribution in [0.4, 0.5) is 18.9 Å². The Morgan fingerprint density at radius 3 is 2.57 bits per heavy atom. The number of carbonyl (C=O) groups is 1. The van der Waals surface area contributed by atoms with Crippen LogP contribution in [0.15, 0.2) is 47.5 Å².